The fraction of sp³-hybridized carbons (Fsp3) is 0.214. The molecule has 0 saturated carbocycles. The van der Waals surface area contributed by atoms with E-state index >= 15 is 0 Å². The number of aryl methyl sites for hydroxylation is 1. The van der Waals surface area contributed by atoms with Gasteiger partial charge in [-0.3, -0.25) is 0 Å². The van der Waals surface area contributed by atoms with Crippen LogP contribution < -0.4 is 5.73 Å². The van der Waals surface area contributed by atoms with Crippen molar-refractivity contribution < 1.29 is 4.42 Å². The van der Waals surface area contributed by atoms with Crippen LogP contribution in [0.2, 0.25) is 0 Å². The lowest BCUT2D eigenvalue weighted by atomic mass is 10.3. The van der Waals surface area contributed by atoms with Gasteiger partial charge in [0.05, 0.1) is 0 Å². The molecule has 6 heteroatoms. The van der Waals surface area contributed by atoms with E-state index in [0.29, 0.717) is 11.0 Å². The molecule has 1 aromatic carbocycles. The number of nitrogens with two attached hydrogens (primary N) is 1. The number of hydrogen-bond acceptors (Lipinski definition) is 6. The minimum Gasteiger partial charge on any atom is -0.431 e. The van der Waals surface area contributed by atoms with Crippen molar-refractivity contribution >= 4 is 28.7 Å². The summed E-state index contributed by atoms with van der Waals surface area (Å²) in [7, 11) is 0. The van der Waals surface area contributed by atoms with E-state index in [1.54, 1.807) is 6.07 Å². The third-order valence-electron chi connectivity index (χ3n) is 2.71. The minimum atomic E-state index is 0.474. The molecule has 0 aliphatic carbocycles. The van der Waals surface area contributed by atoms with Gasteiger partial charge in [-0.2, -0.15) is 0 Å². The van der Waals surface area contributed by atoms with Crippen molar-refractivity contribution in [2.75, 3.05) is 5.73 Å². The average Bonchev–Trinajstić information content (AvgIpc) is 2.80. The molecule has 20 heavy (non-hydrogen) atoms. The van der Waals surface area contributed by atoms with Crippen molar-refractivity contribution in [1.82, 2.24) is 15.0 Å². The number of fused-ring (bicyclic) bond motifs is 1. The third-order valence-corrected chi connectivity index (χ3v) is 3.48. The summed E-state index contributed by atoms with van der Waals surface area (Å²) >= 11 is 1.36. The maximum absolute atomic E-state index is 5.80. The molecular formula is C14H14N4OS. The average molecular weight is 286 g/mol. The molecule has 5 nitrogen and oxygen atoms in total. The number of hydrogen-bond donors (Lipinski definition) is 1. The Bertz CT molecular complexity index is 708. The van der Waals surface area contributed by atoms with Crippen molar-refractivity contribution in [2.24, 2.45) is 0 Å². The van der Waals surface area contributed by atoms with Gasteiger partial charge in [0.2, 0.25) is 0 Å². The van der Waals surface area contributed by atoms with Crippen LogP contribution in [0, 0.1) is 0 Å². The Hall–Kier alpha value is -2.08. The van der Waals surface area contributed by atoms with E-state index in [4.69, 9.17) is 10.2 Å². The van der Waals surface area contributed by atoms with Crippen molar-refractivity contribution in [1.29, 1.82) is 0 Å². The molecule has 0 aliphatic rings. The van der Waals surface area contributed by atoms with E-state index in [1.165, 1.54) is 11.8 Å². The SMILES string of the molecule is CCCc1nc(N)cc(Sc2nc3ccccc3o2)n1. The maximum atomic E-state index is 5.80. The van der Waals surface area contributed by atoms with Gasteiger partial charge in [0.25, 0.3) is 5.22 Å². The van der Waals surface area contributed by atoms with E-state index in [0.717, 1.165) is 34.8 Å². The molecule has 0 spiro atoms. The Morgan fingerprint density at radius 2 is 2.05 bits per heavy atom. The summed E-state index contributed by atoms with van der Waals surface area (Å²) in [5, 5.41) is 1.32. The first-order valence-electron chi connectivity index (χ1n) is 6.41. The highest BCUT2D eigenvalue weighted by Crippen LogP contribution is 2.29. The summed E-state index contributed by atoms with van der Waals surface area (Å²) in [6.07, 6.45) is 1.79. The normalized spacial score (nSPS) is 11.1. The van der Waals surface area contributed by atoms with Crippen LogP contribution in [0.4, 0.5) is 5.82 Å². The lowest BCUT2D eigenvalue weighted by Crippen LogP contribution is -2.00. The van der Waals surface area contributed by atoms with Gasteiger partial charge in [-0.15, -0.1) is 0 Å². The number of nitrogens with zero attached hydrogens (tertiary/aromatic N) is 3. The summed E-state index contributed by atoms with van der Waals surface area (Å²) in [5.41, 5.74) is 7.41. The van der Waals surface area contributed by atoms with E-state index in [9.17, 15) is 0 Å². The van der Waals surface area contributed by atoms with Gasteiger partial charge in [0.15, 0.2) is 5.58 Å². The van der Waals surface area contributed by atoms with E-state index in [-0.39, 0.29) is 0 Å². The second kappa shape index (κ2) is 5.50. The number of nitrogen functional groups attached to an aromatic ring is 1. The van der Waals surface area contributed by atoms with E-state index in [2.05, 4.69) is 21.9 Å². The fourth-order valence-electron chi connectivity index (χ4n) is 1.86. The van der Waals surface area contributed by atoms with Crippen LogP contribution >= 0.6 is 11.8 Å². The van der Waals surface area contributed by atoms with Gasteiger partial charge in [-0.25, -0.2) is 15.0 Å². The largest absolute Gasteiger partial charge is 0.431 e. The molecule has 3 rings (SSSR count). The van der Waals surface area contributed by atoms with Crippen LogP contribution in [0.3, 0.4) is 0 Å². The summed E-state index contributed by atoms with van der Waals surface area (Å²) in [6.45, 7) is 2.08. The summed E-state index contributed by atoms with van der Waals surface area (Å²) < 4.78 is 5.66. The third kappa shape index (κ3) is 2.75. The number of rotatable bonds is 4. The van der Waals surface area contributed by atoms with Crippen LogP contribution in [0.5, 0.6) is 0 Å². The second-order valence-electron chi connectivity index (χ2n) is 4.35. The predicted octanol–water partition coefficient (Wildman–Crippen LogP) is 3.30. The number of benzene rings is 1. The van der Waals surface area contributed by atoms with Crippen LogP contribution in [-0.2, 0) is 6.42 Å². The molecule has 0 radical (unpaired) electrons. The predicted molar refractivity (Wildman–Crippen MR) is 78.6 cm³/mol. The topological polar surface area (TPSA) is 77.8 Å². The second-order valence-corrected chi connectivity index (χ2v) is 5.32. The molecule has 0 amide bonds. The lowest BCUT2D eigenvalue weighted by Gasteiger charge is -2.02. The summed E-state index contributed by atoms with van der Waals surface area (Å²) in [6, 6.07) is 9.40. The molecule has 2 heterocycles. The molecule has 0 aliphatic heterocycles. The lowest BCUT2D eigenvalue weighted by molar-refractivity contribution is 0.489. The molecule has 0 unspecified atom stereocenters. The quantitative estimate of drug-likeness (QED) is 0.741. The molecule has 3 aromatic rings. The van der Waals surface area contributed by atoms with Crippen LogP contribution in [0.1, 0.15) is 19.2 Å². The molecule has 0 bridgehead atoms. The molecule has 2 aromatic heterocycles. The van der Waals surface area contributed by atoms with Crippen LogP contribution in [0.25, 0.3) is 11.1 Å². The fourth-order valence-corrected chi connectivity index (χ4v) is 2.65. The maximum Gasteiger partial charge on any atom is 0.263 e. The first kappa shape index (κ1) is 12.9. The molecule has 0 saturated heterocycles. The van der Waals surface area contributed by atoms with Gasteiger partial charge in [0, 0.05) is 12.5 Å². The first-order chi connectivity index (χ1) is 9.74. The molecule has 0 fully saturated rings. The highest BCUT2D eigenvalue weighted by Gasteiger charge is 2.10. The van der Waals surface area contributed by atoms with Gasteiger partial charge in [-0.1, -0.05) is 19.1 Å². The van der Waals surface area contributed by atoms with Gasteiger partial charge in [-0.05, 0) is 30.3 Å². The van der Waals surface area contributed by atoms with Crippen molar-refractivity contribution in [3.63, 3.8) is 0 Å². The van der Waals surface area contributed by atoms with E-state index in [1.807, 2.05) is 24.3 Å². The van der Waals surface area contributed by atoms with Gasteiger partial charge >= 0.3 is 0 Å². The molecular weight excluding hydrogens is 272 g/mol. The molecule has 2 N–H and O–H groups in total. The Labute approximate surface area is 120 Å². The zero-order valence-corrected chi connectivity index (χ0v) is 11.9. The Balaban J connectivity index is 1.90. The molecule has 102 valence electrons. The Kier molecular flexibility index (Phi) is 3.56. The highest BCUT2D eigenvalue weighted by atomic mass is 32.2. The molecule has 0 atom stereocenters. The van der Waals surface area contributed by atoms with Gasteiger partial charge < -0.3 is 10.2 Å². The van der Waals surface area contributed by atoms with Crippen molar-refractivity contribution in [3.8, 4) is 0 Å². The number of oxazole rings is 1. The smallest absolute Gasteiger partial charge is 0.263 e. The van der Waals surface area contributed by atoms with E-state index < -0.39 is 0 Å². The monoisotopic (exact) mass is 286 g/mol. The first-order valence-corrected chi connectivity index (χ1v) is 7.23. The van der Waals surface area contributed by atoms with Crippen molar-refractivity contribution in [3.05, 3.63) is 36.2 Å². The van der Waals surface area contributed by atoms with Gasteiger partial charge in [0.1, 0.15) is 22.2 Å². The standard InChI is InChI=1S/C14H14N4OS/c1-2-5-12-17-11(15)8-13(18-12)20-14-16-9-6-3-4-7-10(9)19-14/h3-4,6-8H,2,5H2,1H3,(H2,15,17,18). The van der Waals surface area contributed by atoms with Crippen LogP contribution in [-0.4, -0.2) is 15.0 Å². The number of anilines is 1. The Morgan fingerprint density at radius 1 is 1.20 bits per heavy atom. The van der Waals surface area contributed by atoms with Crippen LogP contribution in [0.15, 0.2) is 45.0 Å². The zero-order chi connectivity index (χ0) is 13.9. The summed E-state index contributed by atoms with van der Waals surface area (Å²) in [5.74, 6) is 1.23. The van der Waals surface area contributed by atoms with Crippen molar-refractivity contribution in [2.45, 2.75) is 30.0 Å². The minimum absolute atomic E-state index is 0.474. The Morgan fingerprint density at radius 3 is 2.85 bits per heavy atom. The highest BCUT2D eigenvalue weighted by molar-refractivity contribution is 7.99. The number of para-hydroxylation sites is 2. The zero-order valence-electron chi connectivity index (χ0n) is 11.0. The number of aromatic nitrogens is 3. The summed E-state index contributed by atoms with van der Waals surface area (Å²) in [4.78, 5) is 13.1.